The molecule has 1 aromatic heterocycles. The predicted molar refractivity (Wildman–Crippen MR) is 104 cm³/mol. The van der Waals surface area contributed by atoms with Gasteiger partial charge in [0.25, 0.3) is 5.91 Å². The molecule has 5 nitrogen and oxygen atoms in total. The molecule has 0 saturated heterocycles. The molecule has 3 rings (SSSR count). The zero-order valence-electron chi connectivity index (χ0n) is 15.2. The first kappa shape index (κ1) is 18.9. The fourth-order valence-corrected chi connectivity index (χ4v) is 3.87. The lowest BCUT2D eigenvalue weighted by atomic mass is 10.2. The van der Waals surface area contributed by atoms with Crippen molar-refractivity contribution in [3.05, 3.63) is 83.3 Å². The largest absolute Gasteiger partial charge is 0.497 e. The number of hydrogen-bond donors (Lipinski definition) is 1. The summed E-state index contributed by atoms with van der Waals surface area (Å²) >= 11 is 0. The molecular formula is C21H21NO4S. The third-order valence-electron chi connectivity index (χ3n) is 4.08. The number of furan rings is 1. The quantitative estimate of drug-likeness (QED) is 0.673. The van der Waals surface area contributed by atoms with Crippen LogP contribution in [0.25, 0.3) is 0 Å². The van der Waals surface area contributed by atoms with Crippen molar-refractivity contribution in [3.63, 3.8) is 0 Å². The van der Waals surface area contributed by atoms with E-state index in [2.05, 4.69) is 5.32 Å². The normalized spacial score (nSPS) is 11.8. The molecule has 140 valence electrons. The summed E-state index contributed by atoms with van der Waals surface area (Å²) in [7, 11) is 0.378. The summed E-state index contributed by atoms with van der Waals surface area (Å²) in [4.78, 5) is 13.1. The van der Waals surface area contributed by atoms with Crippen LogP contribution in [0.15, 0.2) is 70.0 Å². The lowest BCUT2D eigenvalue weighted by Crippen LogP contribution is -2.22. The number of aryl methyl sites for hydroxylation is 1. The number of amides is 1. The molecular weight excluding hydrogens is 362 g/mol. The van der Waals surface area contributed by atoms with Gasteiger partial charge in [0, 0.05) is 11.4 Å². The zero-order valence-corrected chi connectivity index (χ0v) is 16.0. The maximum Gasteiger partial charge on any atom is 0.287 e. The average Bonchev–Trinajstić information content (AvgIpc) is 3.15. The Labute approximate surface area is 160 Å². The van der Waals surface area contributed by atoms with Crippen LogP contribution in [-0.2, 0) is 23.1 Å². The van der Waals surface area contributed by atoms with Gasteiger partial charge in [-0.1, -0.05) is 30.3 Å². The maximum atomic E-state index is 12.5. The minimum atomic E-state index is -1.22. The van der Waals surface area contributed by atoms with Crippen molar-refractivity contribution in [1.82, 2.24) is 5.32 Å². The Morgan fingerprint density at radius 2 is 1.93 bits per heavy atom. The number of methoxy groups -OCH3 is 1. The van der Waals surface area contributed by atoms with Gasteiger partial charge in [-0.05, 0) is 48.4 Å². The summed E-state index contributed by atoms with van der Waals surface area (Å²) < 4.78 is 23.3. The van der Waals surface area contributed by atoms with Crippen LogP contribution in [-0.4, -0.2) is 17.2 Å². The molecule has 0 radical (unpaired) electrons. The molecule has 1 amide bonds. The number of carbonyl (C=O) groups excluding carboxylic acids is 1. The van der Waals surface area contributed by atoms with Crippen molar-refractivity contribution in [2.75, 3.05) is 7.11 Å². The minimum absolute atomic E-state index is 0.203. The van der Waals surface area contributed by atoms with Gasteiger partial charge in [-0.15, -0.1) is 0 Å². The molecule has 0 aliphatic heterocycles. The lowest BCUT2D eigenvalue weighted by molar-refractivity contribution is 0.0921. The minimum Gasteiger partial charge on any atom is -0.497 e. The standard InChI is InChI=1S/C21H21NO4S/c1-15-6-3-4-9-20(15)27(24)14-18-10-11-19(26-18)21(23)22-13-16-7-5-8-17(12-16)25-2/h3-12H,13-14H2,1-2H3,(H,22,23). The van der Waals surface area contributed by atoms with Crippen molar-refractivity contribution < 1.29 is 18.2 Å². The molecule has 0 bridgehead atoms. The highest BCUT2D eigenvalue weighted by Crippen LogP contribution is 2.18. The molecule has 0 aliphatic carbocycles. The van der Waals surface area contributed by atoms with Crippen LogP contribution in [0.4, 0.5) is 0 Å². The van der Waals surface area contributed by atoms with Gasteiger partial charge < -0.3 is 14.5 Å². The van der Waals surface area contributed by atoms with E-state index in [4.69, 9.17) is 9.15 Å². The Bertz CT molecular complexity index is 964. The highest BCUT2D eigenvalue weighted by Gasteiger charge is 2.14. The molecule has 1 atom stereocenters. The second-order valence-electron chi connectivity index (χ2n) is 6.06. The predicted octanol–water partition coefficient (Wildman–Crippen LogP) is 3.83. The van der Waals surface area contributed by atoms with E-state index in [1.54, 1.807) is 19.2 Å². The molecule has 1 heterocycles. The molecule has 27 heavy (non-hydrogen) atoms. The first-order valence-corrected chi connectivity index (χ1v) is 9.82. The zero-order chi connectivity index (χ0) is 19.2. The van der Waals surface area contributed by atoms with E-state index >= 15 is 0 Å². The van der Waals surface area contributed by atoms with Crippen LogP contribution in [0, 0.1) is 6.92 Å². The summed E-state index contributed by atoms with van der Waals surface area (Å²) in [5.41, 5.74) is 1.90. The van der Waals surface area contributed by atoms with E-state index in [1.165, 1.54) is 0 Å². The van der Waals surface area contributed by atoms with Gasteiger partial charge in [0.2, 0.25) is 0 Å². The number of nitrogens with one attached hydrogen (secondary N) is 1. The molecule has 0 saturated carbocycles. The number of hydrogen-bond acceptors (Lipinski definition) is 4. The first-order chi connectivity index (χ1) is 13.1. The molecule has 0 fully saturated rings. The Hall–Kier alpha value is -2.86. The maximum absolute atomic E-state index is 12.5. The monoisotopic (exact) mass is 383 g/mol. The number of rotatable bonds is 7. The molecule has 1 unspecified atom stereocenters. The molecule has 3 aromatic rings. The molecule has 0 aliphatic rings. The molecule has 6 heteroatoms. The van der Waals surface area contributed by atoms with Crippen LogP contribution in [0.3, 0.4) is 0 Å². The fourth-order valence-electron chi connectivity index (χ4n) is 2.65. The van der Waals surface area contributed by atoms with E-state index in [9.17, 15) is 9.00 Å². The summed E-state index contributed by atoms with van der Waals surface area (Å²) in [6.45, 7) is 2.29. The third kappa shape index (κ3) is 4.86. The lowest BCUT2D eigenvalue weighted by Gasteiger charge is -2.06. The van der Waals surface area contributed by atoms with E-state index < -0.39 is 10.8 Å². The van der Waals surface area contributed by atoms with Gasteiger partial charge in [-0.25, -0.2) is 0 Å². The Morgan fingerprint density at radius 3 is 2.70 bits per heavy atom. The number of carbonyl (C=O) groups is 1. The number of ether oxygens (including phenoxy) is 1. The fraction of sp³-hybridized carbons (Fsp3) is 0.190. The summed E-state index contributed by atoms with van der Waals surface area (Å²) in [5, 5.41) is 2.81. The highest BCUT2D eigenvalue weighted by atomic mass is 32.2. The summed E-state index contributed by atoms with van der Waals surface area (Å²) in [6, 6.07) is 18.3. The van der Waals surface area contributed by atoms with Crippen LogP contribution in [0.1, 0.15) is 27.4 Å². The van der Waals surface area contributed by atoms with Crippen LogP contribution in [0.5, 0.6) is 5.75 Å². The van der Waals surface area contributed by atoms with Gasteiger partial charge in [0.15, 0.2) is 5.76 Å². The second-order valence-corrected chi connectivity index (χ2v) is 7.48. The van der Waals surface area contributed by atoms with E-state index in [0.29, 0.717) is 12.3 Å². The smallest absolute Gasteiger partial charge is 0.287 e. The molecule has 0 spiro atoms. The van der Waals surface area contributed by atoms with Gasteiger partial charge in [0.1, 0.15) is 11.5 Å². The SMILES string of the molecule is COc1cccc(CNC(=O)c2ccc(CS(=O)c3ccccc3C)o2)c1. The second kappa shape index (κ2) is 8.68. The van der Waals surface area contributed by atoms with Crippen molar-refractivity contribution in [2.45, 2.75) is 24.1 Å². The molecule has 1 N–H and O–H groups in total. The Balaban J connectivity index is 1.60. The van der Waals surface area contributed by atoms with Gasteiger partial charge >= 0.3 is 0 Å². The van der Waals surface area contributed by atoms with E-state index in [1.807, 2.05) is 55.5 Å². The van der Waals surface area contributed by atoms with Gasteiger partial charge in [-0.3, -0.25) is 9.00 Å². The van der Waals surface area contributed by atoms with Crippen molar-refractivity contribution in [2.24, 2.45) is 0 Å². The topological polar surface area (TPSA) is 68.5 Å². The van der Waals surface area contributed by atoms with Crippen LogP contribution >= 0.6 is 0 Å². The Morgan fingerprint density at radius 1 is 1.11 bits per heavy atom. The van der Waals surface area contributed by atoms with E-state index in [-0.39, 0.29) is 17.4 Å². The Kier molecular flexibility index (Phi) is 6.08. The molecule has 2 aromatic carbocycles. The summed E-state index contributed by atoms with van der Waals surface area (Å²) in [6.07, 6.45) is 0. The number of benzene rings is 2. The van der Waals surface area contributed by atoms with Crippen molar-refractivity contribution in [3.8, 4) is 5.75 Å². The third-order valence-corrected chi connectivity index (χ3v) is 5.58. The van der Waals surface area contributed by atoms with Crippen LogP contribution < -0.4 is 10.1 Å². The average molecular weight is 383 g/mol. The first-order valence-electron chi connectivity index (χ1n) is 8.50. The van der Waals surface area contributed by atoms with Gasteiger partial charge in [0.05, 0.1) is 23.7 Å². The van der Waals surface area contributed by atoms with Crippen molar-refractivity contribution in [1.29, 1.82) is 0 Å². The van der Waals surface area contributed by atoms with Gasteiger partial charge in [-0.2, -0.15) is 0 Å². The summed E-state index contributed by atoms with van der Waals surface area (Å²) in [5.74, 6) is 1.37. The van der Waals surface area contributed by atoms with E-state index in [0.717, 1.165) is 21.8 Å². The highest BCUT2D eigenvalue weighted by molar-refractivity contribution is 7.84. The van der Waals surface area contributed by atoms with Crippen molar-refractivity contribution >= 4 is 16.7 Å². The van der Waals surface area contributed by atoms with Crippen LogP contribution in [0.2, 0.25) is 0 Å².